The number of aromatic amines is 1. The predicted octanol–water partition coefficient (Wildman–Crippen LogP) is 2.71. The Labute approximate surface area is 140 Å². The van der Waals surface area contributed by atoms with E-state index >= 15 is 0 Å². The van der Waals surface area contributed by atoms with Gasteiger partial charge in [-0.05, 0) is 29.8 Å². The molecule has 1 amide bonds. The molecule has 0 fully saturated rings. The summed E-state index contributed by atoms with van der Waals surface area (Å²) in [5.41, 5.74) is 3.18. The topological polar surface area (TPSA) is 48.8 Å². The average Bonchev–Trinajstić information content (AvgIpc) is 2.94. The number of para-hydroxylation sites is 2. The lowest BCUT2D eigenvalue weighted by atomic mass is 10.2. The molecule has 0 atom stereocenters. The van der Waals surface area contributed by atoms with E-state index in [1.54, 1.807) is 12.1 Å². The van der Waals surface area contributed by atoms with E-state index in [9.17, 15) is 9.18 Å². The first kappa shape index (κ1) is 16.2. The van der Waals surface area contributed by atoms with E-state index in [0.717, 1.165) is 22.4 Å². The Kier molecular flexibility index (Phi) is 4.89. The number of imidazole rings is 1. The molecule has 5 heteroatoms. The summed E-state index contributed by atoms with van der Waals surface area (Å²) < 4.78 is 15.3. The van der Waals surface area contributed by atoms with E-state index in [1.807, 2.05) is 25.1 Å². The third-order valence-electron chi connectivity index (χ3n) is 4.06. The summed E-state index contributed by atoms with van der Waals surface area (Å²) in [6.07, 6.45) is 1.20. The maximum atomic E-state index is 13.1. The van der Waals surface area contributed by atoms with Crippen LogP contribution in [0, 0.1) is 5.82 Å². The normalized spacial score (nSPS) is 10.9. The quantitative estimate of drug-likeness (QED) is 0.672. The van der Waals surface area contributed by atoms with Crippen molar-refractivity contribution in [2.75, 3.05) is 6.54 Å². The molecule has 3 rings (SSSR count). The summed E-state index contributed by atoms with van der Waals surface area (Å²) >= 11 is 0. The summed E-state index contributed by atoms with van der Waals surface area (Å²) in [5.74, 6) is 0.860. The third-order valence-corrected chi connectivity index (χ3v) is 4.06. The predicted molar refractivity (Wildman–Crippen MR) is 91.0 cm³/mol. The van der Waals surface area contributed by atoms with Crippen LogP contribution in [-0.2, 0) is 17.8 Å². The van der Waals surface area contributed by atoms with Crippen LogP contribution in [0.1, 0.15) is 24.7 Å². The van der Waals surface area contributed by atoms with Gasteiger partial charge in [-0.1, -0.05) is 31.2 Å². The Bertz CT molecular complexity index is 839. The Morgan fingerprint density at radius 1 is 1.17 bits per heavy atom. The monoisotopic (exact) mass is 326 g/mol. The minimum Gasteiger partial charge on any atom is -0.355 e. The number of benzene rings is 2. The molecule has 2 aromatic carbocycles. The van der Waals surface area contributed by atoms with Crippen LogP contribution in [0.25, 0.3) is 11.0 Å². The molecule has 0 radical (unpaired) electrons. The summed E-state index contributed by atoms with van der Waals surface area (Å²) in [6.45, 7) is 3.08. The number of H-pyrrole nitrogens is 1. The minimum absolute atomic E-state index is 0.0520. The third kappa shape index (κ3) is 3.62. The van der Waals surface area contributed by atoms with Crippen molar-refractivity contribution in [3.05, 3.63) is 65.7 Å². The van der Waals surface area contributed by atoms with Gasteiger partial charge >= 0.3 is 0 Å². The standard InChI is InChI=1S/C19H20FN3O/c1-2-19(24)21-12-11-18-22-16-5-3-4-6-17(16)23(18)13-14-7-9-15(20)10-8-14/h3-10H,2,11-13H2,1H3,(H,21,24)/p+1. The van der Waals surface area contributed by atoms with Crippen LogP contribution in [0.4, 0.5) is 4.39 Å². The fraction of sp³-hybridized carbons (Fsp3) is 0.263. The highest BCUT2D eigenvalue weighted by atomic mass is 19.1. The largest absolute Gasteiger partial charge is 0.355 e. The Balaban J connectivity index is 1.87. The van der Waals surface area contributed by atoms with E-state index < -0.39 is 0 Å². The summed E-state index contributed by atoms with van der Waals surface area (Å²) in [6, 6.07) is 14.6. The van der Waals surface area contributed by atoms with Crippen molar-refractivity contribution in [3.8, 4) is 0 Å². The van der Waals surface area contributed by atoms with Crippen LogP contribution in [0.3, 0.4) is 0 Å². The molecule has 0 spiro atoms. The SMILES string of the molecule is CCC(=O)NCCc1[nH]c2ccccc2[n+]1Cc1ccc(F)cc1. The Morgan fingerprint density at radius 2 is 1.92 bits per heavy atom. The lowest BCUT2D eigenvalue weighted by Crippen LogP contribution is -2.39. The maximum absolute atomic E-state index is 13.1. The van der Waals surface area contributed by atoms with Crippen molar-refractivity contribution in [2.24, 2.45) is 0 Å². The lowest BCUT2D eigenvalue weighted by molar-refractivity contribution is -0.669. The van der Waals surface area contributed by atoms with E-state index in [0.29, 0.717) is 25.9 Å². The summed E-state index contributed by atoms with van der Waals surface area (Å²) in [7, 11) is 0. The van der Waals surface area contributed by atoms with E-state index in [4.69, 9.17) is 0 Å². The maximum Gasteiger partial charge on any atom is 0.257 e. The number of hydrogen-bond donors (Lipinski definition) is 2. The van der Waals surface area contributed by atoms with Crippen LogP contribution in [0.5, 0.6) is 0 Å². The zero-order chi connectivity index (χ0) is 16.9. The first-order valence-electron chi connectivity index (χ1n) is 8.18. The van der Waals surface area contributed by atoms with Gasteiger partial charge in [-0.25, -0.2) is 13.9 Å². The number of aromatic nitrogens is 2. The highest BCUT2D eigenvalue weighted by Crippen LogP contribution is 2.11. The fourth-order valence-corrected chi connectivity index (χ4v) is 2.78. The zero-order valence-corrected chi connectivity index (χ0v) is 13.7. The number of fused-ring (bicyclic) bond motifs is 1. The van der Waals surface area contributed by atoms with Gasteiger partial charge in [0.2, 0.25) is 5.91 Å². The molecule has 4 nitrogen and oxygen atoms in total. The van der Waals surface area contributed by atoms with Crippen LogP contribution < -0.4 is 9.88 Å². The van der Waals surface area contributed by atoms with Crippen molar-refractivity contribution >= 4 is 16.9 Å². The Hall–Kier alpha value is -2.69. The van der Waals surface area contributed by atoms with Crippen LogP contribution >= 0.6 is 0 Å². The van der Waals surface area contributed by atoms with Gasteiger partial charge in [0.05, 0.1) is 6.42 Å². The number of carbonyl (C=O) groups is 1. The van der Waals surface area contributed by atoms with Gasteiger partial charge in [0.25, 0.3) is 5.82 Å². The highest BCUT2D eigenvalue weighted by molar-refractivity contribution is 5.75. The molecule has 3 aromatic rings. The molecule has 0 aliphatic carbocycles. The number of rotatable bonds is 6. The molecule has 24 heavy (non-hydrogen) atoms. The van der Waals surface area contributed by atoms with Gasteiger partial charge < -0.3 is 5.32 Å². The zero-order valence-electron chi connectivity index (χ0n) is 13.7. The molecule has 0 bridgehead atoms. The molecule has 1 aromatic heterocycles. The second-order valence-electron chi connectivity index (χ2n) is 5.75. The summed E-state index contributed by atoms with van der Waals surface area (Å²) in [4.78, 5) is 14.8. The fourth-order valence-electron chi connectivity index (χ4n) is 2.78. The Morgan fingerprint density at radius 3 is 2.67 bits per heavy atom. The van der Waals surface area contributed by atoms with Crippen molar-refractivity contribution in [1.29, 1.82) is 0 Å². The molecule has 0 aliphatic heterocycles. The number of nitrogens with one attached hydrogen (secondary N) is 2. The van der Waals surface area contributed by atoms with Crippen molar-refractivity contribution in [3.63, 3.8) is 0 Å². The molecular formula is C19H21FN3O+. The molecular weight excluding hydrogens is 305 g/mol. The molecule has 2 N–H and O–H groups in total. The number of hydrogen-bond acceptors (Lipinski definition) is 1. The van der Waals surface area contributed by atoms with Gasteiger partial charge in [-0.3, -0.25) is 4.79 Å². The minimum atomic E-state index is -0.231. The van der Waals surface area contributed by atoms with Crippen molar-refractivity contribution in [2.45, 2.75) is 26.3 Å². The van der Waals surface area contributed by atoms with Gasteiger partial charge in [0.15, 0.2) is 11.0 Å². The van der Waals surface area contributed by atoms with E-state index in [-0.39, 0.29) is 11.7 Å². The second-order valence-corrected chi connectivity index (χ2v) is 5.75. The number of nitrogens with zero attached hydrogens (tertiary/aromatic N) is 1. The first-order valence-corrected chi connectivity index (χ1v) is 8.18. The average molecular weight is 326 g/mol. The van der Waals surface area contributed by atoms with E-state index in [1.165, 1.54) is 12.1 Å². The number of carbonyl (C=O) groups excluding carboxylic acids is 1. The van der Waals surface area contributed by atoms with Gasteiger partial charge in [0, 0.05) is 13.0 Å². The number of amides is 1. The molecule has 0 unspecified atom stereocenters. The molecule has 0 saturated carbocycles. The van der Waals surface area contributed by atoms with Gasteiger partial charge in [-0.15, -0.1) is 0 Å². The van der Waals surface area contributed by atoms with Crippen LogP contribution in [-0.4, -0.2) is 17.4 Å². The van der Waals surface area contributed by atoms with Crippen molar-refractivity contribution < 1.29 is 13.8 Å². The number of halogens is 1. The molecule has 1 heterocycles. The van der Waals surface area contributed by atoms with Gasteiger partial charge in [-0.2, -0.15) is 0 Å². The van der Waals surface area contributed by atoms with Gasteiger partial charge in [0.1, 0.15) is 12.4 Å². The first-order chi connectivity index (χ1) is 11.7. The molecule has 124 valence electrons. The van der Waals surface area contributed by atoms with Crippen LogP contribution in [0.2, 0.25) is 0 Å². The lowest BCUT2D eigenvalue weighted by Gasteiger charge is -2.04. The second kappa shape index (κ2) is 7.25. The van der Waals surface area contributed by atoms with Crippen LogP contribution in [0.15, 0.2) is 48.5 Å². The smallest absolute Gasteiger partial charge is 0.257 e. The molecule has 0 saturated heterocycles. The van der Waals surface area contributed by atoms with Crippen molar-refractivity contribution in [1.82, 2.24) is 10.3 Å². The summed E-state index contributed by atoms with van der Waals surface area (Å²) in [5, 5.41) is 2.90. The highest BCUT2D eigenvalue weighted by Gasteiger charge is 2.18. The van der Waals surface area contributed by atoms with E-state index in [2.05, 4.69) is 20.9 Å². The molecule has 0 aliphatic rings.